The first-order valence-electron chi connectivity index (χ1n) is 4.12. The summed E-state index contributed by atoms with van der Waals surface area (Å²) in [5.41, 5.74) is 6.61. The van der Waals surface area contributed by atoms with Crippen molar-refractivity contribution < 1.29 is 0 Å². The van der Waals surface area contributed by atoms with Gasteiger partial charge in [0.1, 0.15) is 5.82 Å². The first-order valence-corrected chi connectivity index (χ1v) is 6.58. The van der Waals surface area contributed by atoms with Crippen LogP contribution in [0.4, 0.5) is 5.82 Å². The normalized spacial score (nSPS) is 10.6. The maximum absolute atomic E-state index is 5.76. The molecule has 0 fully saturated rings. The minimum absolute atomic E-state index is 0.474. The molecule has 15 heavy (non-hydrogen) atoms. The second kappa shape index (κ2) is 4.19. The summed E-state index contributed by atoms with van der Waals surface area (Å²) in [5, 5.41) is 1.99. The van der Waals surface area contributed by atoms with E-state index in [2.05, 4.69) is 41.8 Å². The quantitative estimate of drug-likeness (QED) is 0.856. The van der Waals surface area contributed by atoms with E-state index in [0.717, 1.165) is 19.5 Å². The van der Waals surface area contributed by atoms with Gasteiger partial charge in [0.15, 0.2) is 5.82 Å². The van der Waals surface area contributed by atoms with Crippen LogP contribution in [-0.4, -0.2) is 9.97 Å². The molecule has 0 unspecified atom stereocenters. The predicted molar refractivity (Wildman–Crippen MR) is 69.9 cm³/mol. The highest BCUT2D eigenvalue weighted by atomic mass is 79.9. The Hall–Kier alpha value is -0.460. The van der Waals surface area contributed by atoms with Gasteiger partial charge in [0.2, 0.25) is 0 Å². The summed E-state index contributed by atoms with van der Waals surface area (Å²) < 4.78 is 1.80. The molecule has 0 spiro atoms. The number of aryl methyl sites for hydroxylation is 1. The molecule has 0 atom stereocenters. The molecule has 2 heterocycles. The van der Waals surface area contributed by atoms with Gasteiger partial charge in [-0.05, 0) is 44.8 Å². The topological polar surface area (TPSA) is 51.8 Å². The smallest absolute Gasteiger partial charge is 0.171 e. The third kappa shape index (κ3) is 2.21. The lowest BCUT2D eigenvalue weighted by molar-refractivity contribution is 1.11. The van der Waals surface area contributed by atoms with Gasteiger partial charge >= 0.3 is 0 Å². The van der Waals surface area contributed by atoms with Gasteiger partial charge in [-0.3, -0.25) is 0 Å². The molecule has 0 aliphatic heterocycles. The molecule has 0 saturated heterocycles. The largest absolute Gasteiger partial charge is 0.383 e. The lowest BCUT2D eigenvalue weighted by Crippen LogP contribution is -1.99. The minimum Gasteiger partial charge on any atom is -0.383 e. The van der Waals surface area contributed by atoms with E-state index in [0.29, 0.717) is 11.6 Å². The van der Waals surface area contributed by atoms with Crippen LogP contribution in [0.2, 0.25) is 0 Å². The summed E-state index contributed by atoms with van der Waals surface area (Å²) in [6.45, 7) is 1.90. The zero-order valence-corrected chi connectivity index (χ0v) is 11.8. The standard InChI is InChI=1S/C9H7Br2N3S/c1-4-7(11)8(12)14-9(13-4)6-2-5(10)3-15-6/h2-3H,1H3,(H2,12,13,14). The Morgan fingerprint density at radius 1 is 1.33 bits per heavy atom. The highest BCUT2D eigenvalue weighted by molar-refractivity contribution is 9.11. The molecule has 2 rings (SSSR count). The molecule has 0 aliphatic carbocycles. The van der Waals surface area contributed by atoms with Crippen molar-refractivity contribution in [2.75, 3.05) is 5.73 Å². The van der Waals surface area contributed by atoms with E-state index >= 15 is 0 Å². The van der Waals surface area contributed by atoms with Crippen molar-refractivity contribution in [3.05, 3.63) is 26.1 Å². The number of rotatable bonds is 1. The average Bonchev–Trinajstić information content (AvgIpc) is 2.60. The van der Waals surface area contributed by atoms with Gasteiger partial charge in [-0.15, -0.1) is 11.3 Å². The van der Waals surface area contributed by atoms with Crippen LogP contribution >= 0.6 is 43.2 Å². The van der Waals surface area contributed by atoms with Gasteiger partial charge < -0.3 is 5.73 Å². The summed E-state index contributed by atoms with van der Waals surface area (Å²) in [7, 11) is 0. The summed E-state index contributed by atoms with van der Waals surface area (Å²) >= 11 is 8.31. The predicted octanol–water partition coefficient (Wildman–Crippen LogP) is 3.62. The second-order valence-electron chi connectivity index (χ2n) is 2.96. The fraction of sp³-hybridized carbons (Fsp3) is 0.111. The van der Waals surface area contributed by atoms with Crippen LogP contribution in [0.3, 0.4) is 0 Å². The fourth-order valence-electron chi connectivity index (χ4n) is 1.12. The molecule has 0 radical (unpaired) electrons. The first-order chi connectivity index (χ1) is 7.08. The van der Waals surface area contributed by atoms with Crippen molar-refractivity contribution in [1.29, 1.82) is 0 Å². The molecule has 0 bridgehead atoms. The zero-order valence-electron chi connectivity index (χ0n) is 7.79. The van der Waals surface area contributed by atoms with E-state index in [1.54, 1.807) is 11.3 Å². The van der Waals surface area contributed by atoms with Crippen molar-refractivity contribution in [2.45, 2.75) is 6.92 Å². The monoisotopic (exact) mass is 347 g/mol. The summed E-state index contributed by atoms with van der Waals surface area (Å²) in [4.78, 5) is 9.60. The average molecular weight is 349 g/mol. The fourth-order valence-corrected chi connectivity index (χ4v) is 2.66. The molecule has 3 nitrogen and oxygen atoms in total. The van der Waals surface area contributed by atoms with Crippen LogP contribution in [0.25, 0.3) is 10.7 Å². The number of anilines is 1. The number of aromatic nitrogens is 2. The Kier molecular flexibility index (Phi) is 3.08. The van der Waals surface area contributed by atoms with Crippen LogP contribution in [0, 0.1) is 6.92 Å². The molecule has 0 aliphatic rings. The van der Waals surface area contributed by atoms with Crippen molar-refractivity contribution in [3.8, 4) is 10.7 Å². The Bertz CT molecular complexity index is 487. The number of hydrogen-bond donors (Lipinski definition) is 1. The van der Waals surface area contributed by atoms with Crippen molar-refractivity contribution in [1.82, 2.24) is 9.97 Å². The lowest BCUT2D eigenvalue weighted by Gasteiger charge is -2.03. The Morgan fingerprint density at radius 3 is 2.60 bits per heavy atom. The molecule has 2 N–H and O–H groups in total. The van der Waals surface area contributed by atoms with Crippen LogP contribution in [0.1, 0.15) is 5.69 Å². The first kappa shape index (κ1) is 11.0. The van der Waals surface area contributed by atoms with Gasteiger partial charge in [-0.1, -0.05) is 0 Å². The minimum atomic E-state index is 0.474. The molecule has 0 saturated carbocycles. The number of halogens is 2. The van der Waals surface area contributed by atoms with Crippen molar-refractivity contribution >= 4 is 49.0 Å². The molecule has 6 heteroatoms. The number of hydrogen-bond acceptors (Lipinski definition) is 4. The van der Waals surface area contributed by atoms with E-state index in [-0.39, 0.29) is 0 Å². The Morgan fingerprint density at radius 2 is 2.07 bits per heavy atom. The van der Waals surface area contributed by atoms with Gasteiger partial charge in [-0.2, -0.15) is 0 Å². The Labute approximate surface area is 108 Å². The third-order valence-electron chi connectivity index (χ3n) is 1.83. The van der Waals surface area contributed by atoms with Crippen molar-refractivity contribution in [2.24, 2.45) is 0 Å². The van der Waals surface area contributed by atoms with Crippen LogP contribution in [0.5, 0.6) is 0 Å². The summed E-state index contributed by atoms with van der Waals surface area (Å²) in [6, 6.07) is 1.98. The maximum Gasteiger partial charge on any atom is 0.171 e. The molecule has 2 aromatic heterocycles. The van der Waals surface area contributed by atoms with Gasteiger partial charge in [0, 0.05) is 9.85 Å². The number of thiophene rings is 1. The SMILES string of the molecule is Cc1nc(-c2cc(Br)cs2)nc(N)c1Br. The number of nitrogens with two attached hydrogens (primary N) is 1. The lowest BCUT2D eigenvalue weighted by atomic mass is 10.4. The van der Waals surface area contributed by atoms with Gasteiger partial charge in [-0.25, -0.2) is 9.97 Å². The molecule has 0 aromatic carbocycles. The van der Waals surface area contributed by atoms with E-state index in [9.17, 15) is 0 Å². The maximum atomic E-state index is 5.76. The van der Waals surface area contributed by atoms with E-state index in [1.807, 2.05) is 18.4 Å². The van der Waals surface area contributed by atoms with Crippen LogP contribution in [-0.2, 0) is 0 Å². The molecular formula is C9H7Br2N3S. The van der Waals surface area contributed by atoms with Crippen molar-refractivity contribution in [3.63, 3.8) is 0 Å². The number of nitrogen functional groups attached to an aromatic ring is 1. The highest BCUT2D eigenvalue weighted by Gasteiger charge is 2.09. The van der Waals surface area contributed by atoms with Crippen LogP contribution < -0.4 is 5.73 Å². The molecular weight excluding hydrogens is 342 g/mol. The highest BCUT2D eigenvalue weighted by Crippen LogP contribution is 2.30. The molecule has 78 valence electrons. The Balaban J connectivity index is 2.55. The van der Waals surface area contributed by atoms with E-state index in [4.69, 9.17) is 5.73 Å². The second-order valence-corrected chi connectivity index (χ2v) is 5.58. The molecule has 2 aromatic rings. The van der Waals surface area contributed by atoms with Gasteiger partial charge in [0.25, 0.3) is 0 Å². The van der Waals surface area contributed by atoms with E-state index < -0.39 is 0 Å². The zero-order chi connectivity index (χ0) is 11.0. The third-order valence-corrected chi connectivity index (χ3v) is 4.50. The van der Waals surface area contributed by atoms with Crippen LogP contribution in [0.15, 0.2) is 20.4 Å². The van der Waals surface area contributed by atoms with Gasteiger partial charge in [0.05, 0.1) is 15.0 Å². The summed E-state index contributed by atoms with van der Waals surface area (Å²) in [5.74, 6) is 1.14. The molecule has 0 amide bonds. The summed E-state index contributed by atoms with van der Waals surface area (Å²) in [6.07, 6.45) is 0. The van der Waals surface area contributed by atoms with E-state index in [1.165, 1.54) is 0 Å². The number of nitrogens with zero attached hydrogens (tertiary/aromatic N) is 2.